The minimum Gasteiger partial charge on any atom is -0.103 e. The molecule has 0 aromatic heterocycles. The van der Waals surface area contributed by atoms with Crippen LogP contribution in [0.4, 0.5) is 0 Å². The monoisotopic (exact) mass is 136 g/mol. The van der Waals surface area contributed by atoms with Gasteiger partial charge in [0.05, 0.1) is 0 Å². The Balaban J connectivity index is 2.49. The smallest absolute Gasteiger partial charge is 0.0173 e. The van der Waals surface area contributed by atoms with Crippen LogP contribution in [0.1, 0.15) is 25.7 Å². The predicted molar refractivity (Wildman–Crippen MR) is 45.8 cm³/mol. The summed E-state index contributed by atoms with van der Waals surface area (Å²) in [5.74, 6) is 1.43. The average Bonchev–Trinajstić information content (AvgIpc) is 2.04. The maximum atomic E-state index is 3.83. The summed E-state index contributed by atoms with van der Waals surface area (Å²) in [6.45, 7) is 7.67. The zero-order valence-electron chi connectivity index (χ0n) is 6.55. The number of rotatable bonds is 2. The normalized spacial score (nSPS) is 33.2. The van der Waals surface area contributed by atoms with Gasteiger partial charge in [-0.2, -0.15) is 0 Å². The van der Waals surface area contributed by atoms with Gasteiger partial charge in [-0.25, -0.2) is 0 Å². The van der Waals surface area contributed by atoms with E-state index in [-0.39, 0.29) is 0 Å². The van der Waals surface area contributed by atoms with Crippen LogP contribution in [0.15, 0.2) is 25.3 Å². The fraction of sp³-hybridized carbons (Fsp3) is 0.600. The molecule has 0 radical (unpaired) electrons. The van der Waals surface area contributed by atoms with Gasteiger partial charge in [0.1, 0.15) is 0 Å². The van der Waals surface area contributed by atoms with Gasteiger partial charge in [0.15, 0.2) is 0 Å². The van der Waals surface area contributed by atoms with Crippen molar-refractivity contribution in [2.45, 2.75) is 25.7 Å². The summed E-state index contributed by atoms with van der Waals surface area (Å²) >= 11 is 0. The Labute approximate surface area is 63.6 Å². The molecule has 2 unspecified atom stereocenters. The second kappa shape index (κ2) is 3.60. The molecule has 10 heavy (non-hydrogen) atoms. The molecule has 0 amide bonds. The van der Waals surface area contributed by atoms with Crippen molar-refractivity contribution in [2.24, 2.45) is 11.8 Å². The van der Waals surface area contributed by atoms with Crippen molar-refractivity contribution in [3.05, 3.63) is 25.3 Å². The Bertz CT molecular complexity index is 108. The van der Waals surface area contributed by atoms with Gasteiger partial charge < -0.3 is 0 Å². The molecule has 0 saturated heterocycles. The van der Waals surface area contributed by atoms with E-state index in [2.05, 4.69) is 25.3 Å². The van der Waals surface area contributed by atoms with Gasteiger partial charge in [-0.15, -0.1) is 13.2 Å². The average molecular weight is 136 g/mol. The standard InChI is InChI=1S/C10H16/c1-3-9-7-5-6-8-10(9)4-2/h3-4,9-10H,1-2,5-8H2. The molecule has 0 spiro atoms. The third-order valence-corrected chi connectivity index (χ3v) is 2.48. The Morgan fingerprint density at radius 1 is 0.900 bits per heavy atom. The molecule has 0 aliphatic heterocycles. The van der Waals surface area contributed by atoms with Gasteiger partial charge in [0.2, 0.25) is 0 Å². The maximum Gasteiger partial charge on any atom is -0.0173 e. The molecule has 0 bridgehead atoms. The van der Waals surface area contributed by atoms with Crippen LogP contribution in [-0.4, -0.2) is 0 Å². The summed E-state index contributed by atoms with van der Waals surface area (Å²) in [7, 11) is 0. The summed E-state index contributed by atoms with van der Waals surface area (Å²) in [5.41, 5.74) is 0. The van der Waals surface area contributed by atoms with Gasteiger partial charge >= 0.3 is 0 Å². The zero-order chi connectivity index (χ0) is 7.40. The molecule has 1 saturated carbocycles. The van der Waals surface area contributed by atoms with Crippen molar-refractivity contribution < 1.29 is 0 Å². The summed E-state index contributed by atoms with van der Waals surface area (Å²) in [5, 5.41) is 0. The van der Waals surface area contributed by atoms with E-state index in [0.29, 0.717) is 11.8 Å². The molecule has 0 heterocycles. The molecular formula is C10H16. The van der Waals surface area contributed by atoms with E-state index in [0.717, 1.165) is 0 Å². The molecule has 1 fully saturated rings. The highest BCUT2D eigenvalue weighted by molar-refractivity contribution is 4.94. The minimum atomic E-state index is 0.714. The van der Waals surface area contributed by atoms with Crippen molar-refractivity contribution in [1.82, 2.24) is 0 Å². The first kappa shape index (κ1) is 7.59. The molecule has 0 aromatic rings. The van der Waals surface area contributed by atoms with Crippen molar-refractivity contribution in [3.63, 3.8) is 0 Å². The maximum absolute atomic E-state index is 3.83. The SMILES string of the molecule is C=CC1CCCCC1C=C. The first-order valence-corrected chi connectivity index (χ1v) is 4.13. The Hall–Kier alpha value is -0.520. The molecule has 1 aliphatic rings. The van der Waals surface area contributed by atoms with Crippen LogP contribution in [0.5, 0.6) is 0 Å². The molecule has 0 heteroatoms. The lowest BCUT2D eigenvalue weighted by atomic mass is 9.79. The second-order valence-corrected chi connectivity index (χ2v) is 3.08. The largest absolute Gasteiger partial charge is 0.103 e. The summed E-state index contributed by atoms with van der Waals surface area (Å²) in [4.78, 5) is 0. The zero-order valence-corrected chi connectivity index (χ0v) is 6.55. The van der Waals surface area contributed by atoms with E-state index in [9.17, 15) is 0 Å². The summed E-state index contributed by atoms with van der Waals surface area (Å²) < 4.78 is 0. The number of hydrogen-bond donors (Lipinski definition) is 0. The van der Waals surface area contributed by atoms with Crippen LogP contribution in [0.25, 0.3) is 0 Å². The second-order valence-electron chi connectivity index (χ2n) is 3.08. The highest BCUT2D eigenvalue weighted by Crippen LogP contribution is 2.30. The predicted octanol–water partition coefficient (Wildman–Crippen LogP) is 3.16. The highest BCUT2D eigenvalue weighted by Gasteiger charge is 2.18. The Morgan fingerprint density at radius 3 is 1.60 bits per heavy atom. The van der Waals surface area contributed by atoms with Gasteiger partial charge in [0.25, 0.3) is 0 Å². The van der Waals surface area contributed by atoms with Crippen LogP contribution < -0.4 is 0 Å². The van der Waals surface area contributed by atoms with E-state index >= 15 is 0 Å². The van der Waals surface area contributed by atoms with Crippen LogP contribution >= 0.6 is 0 Å². The topological polar surface area (TPSA) is 0 Å². The molecular weight excluding hydrogens is 120 g/mol. The van der Waals surface area contributed by atoms with Gasteiger partial charge in [0, 0.05) is 0 Å². The summed E-state index contributed by atoms with van der Waals surface area (Å²) in [6, 6.07) is 0. The molecule has 0 N–H and O–H groups in total. The van der Waals surface area contributed by atoms with Crippen LogP contribution in [0, 0.1) is 11.8 Å². The molecule has 56 valence electrons. The van der Waals surface area contributed by atoms with E-state index in [4.69, 9.17) is 0 Å². The summed E-state index contributed by atoms with van der Waals surface area (Å²) in [6.07, 6.45) is 9.57. The van der Waals surface area contributed by atoms with E-state index in [1.54, 1.807) is 0 Å². The van der Waals surface area contributed by atoms with Crippen LogP contribution in [0.3, 0.4) is 0 Å². The number of allylic oxidation sites excluding steroid dienone is 2. The Morgan fingerprint density at radius 2 is 1.30 bits per heavy atom. The van der Waals surface area contributed by atoms with Gasteiger partial charge in [-0.1, -0.05) is 25.0 Å². The van der Waals surface area contributed by atoms with E-state index in [1.165, 1.54) is 25.7 Å². The lowest BCUT2D eigenvalue weighted by Crippen LogP contribution is -2.14. The van der Waals surface area contributed by atoms with Crippen molar-refractivity contribution >= 4 is 0 Å². The lowest BCUT2D eigenvalue weighted by Gasteiger charge is -2.26. The quantitative estimate of drug-likeness (QED) is 0.511. The van der Waals surface area contributed by atoms with Crippen molar-refractivity contribution in [3.8, 4) is 0 Å². The number of hydrogen-bond acceptors (Lipinski definition) is 0. The first-order chi connectivity index (χ1) is 4.88. The van der Waals surface area contributed by atoms with Gasteiger partial charge in [-0.3, -0.25) is 0 Å². The minimum absolute atomic E-state index is 0.714. The van der Waals surface area contributed by atoms with Crippen LogP contribution in [0.2, 0.25) is 0 Å². The third kappa shape index (κ3) is 1.50. The molecule has 0 nitrogen and oxygen atoms in total. The molecule has 2 atom stereocenters. The first-order valence-electron chi connectivity index (χ1n) is 4.13. The Kier molecular flexibility index (Phi) is 2.73. The lowest BCUT2D eigenvalue weighted by molar-refractivity contribution is 0.338. The third-order valence-electron chi connectivity index (χ3n) is 2.48. The van der Waals surface area contributed by atoms with Crippen molar-refractivity contribution in [2.75, 3.05) is 0 Å². The van der Waals surface area contributed by atoms with E-state index < -0.39 is 0 Å². The molecule has 1 aliphatic carbocycles. The fourth-order valence-corrected chi connectivity index (χ4v) is 1.77. The van der Waals surface area contributed by atoms with Gasteiger partial charge in [-0.05, 0) is 24.7 Å². The van der Waals surface area contributed by atoms with Crippen molar-refractivity contribution in [1.29, 1.82) is 0 Å². The molecule has 0 aromatic carbocycles. The highest BCUT2D eigenvalue weighted by atomic mass is 14.2. The van der Waals surface area contributed by atoms with E-state index in [1.807, 2.05) is 0 Å². The fourth-order valence-electron chi connectivity index (χ4n) is 1.77. The van der Waals surface area contributed by atoms with Crippen LogP contribution in [-0.2, 0) is 0 Å². The molecule has 1 rings (SSSR count).